The predicted molar refractivity (Wildman–Crippen MR) is 46.2 cm³/mol. The van der Waals surface area contributed by atoms with Gasteiger partial charge in [0.05, 0.1) is 5.33 Å². The summed E-state index contributed by atoms with van der Waals surface area (Å²) in [5.41, 5.74) is 0. The third kappa shape index (κ3) is 4.67. The Kier molecular flexibility index (Phi) is 6.22. The molecule has 0 saturated carbocycles. The average molecular weight is 255 g/mol. The summed E-state index contributed by atoms with van der Waals surface area (Å²) in [4.78, 5) is 9.13. The molecular formula is C8H6BrF3O. The Labute approximate surface area is 81.7 Å². The van der Waals surface area contributed by atoms with Gasteiger partial charge in [-0.3, -0.25) is 0 Å². The van der Waals surface area contributed by atoms with Crippen LogP contribution in [0.25, 0.3) is 0 Å². The highest BCUT2D eigenvalue weighted by Crippen LogP contribution is 2.07. The zero-order valence-electron chi connectivity index (χ0n) is 6.44. The summed E-state index contributed by atoms with van der Waals surface area (Å²) < 4.78 is 35.9. The van der Waals surface area contributed by atoms with Gasteiger partial charge < -0.3 is 4.79 Å². The summed E-state index contributed by atoms with van der Waals surface area (Å²) in [5, 5.41) is 0.451. The highest BCUT2D eigenvalue weighted by molar-refractivity contribution is 9.09. The van der Waals surface area contributed by atoms with Gasteiger partial charge in [-0.15, -0.1) is 0 Å². The number of carbonyl (C=O) groups is 1. The van der Waals surface area contributed by atoms with Crippen LogP contribution in [0.1, 0.15) is 0 Å². The van der Waals surface area contributed by atoms with Crippen molar-refractivity contribution in [2.75, 3.05) is 5.33 Å². The number of benzene rings is 1. The van der Waals surface area contributed by atoms with Crippen molar-refractivity contribution in [1.82, 2.24) is 0 Å². The minimum Gasteiger partial charge on any atom is -0.302 e. The molecule has 0 saturated heterocycles. The monoisotopic (exact) mass is 254 g/mol. The first-order chi connectivity index (χ1) is 6.13. The van der Waals surface area contributed by atoms with Crippen LogP contribution < -0.4 is 0 Å². The van der Waals surface area contributed by atoms with Crippen molar-refractivity contribution in [2.45, 2.75) is 0 Å². The van der Waals surface area contributed by atoms with Crippen LogP contribution in [0.5, 0.6) is 0 Å². The first kappa shape index (κ1) is 12.2. The Morgan fingerprint density at radius 1 is 1.23 bits per heavy atom. The lowest BCUT2D eigenvalue weighted by molar-refractivity contribution is -0.105. The lowest BCUT2D eigenvalue weighted by Crippen LogP contribution is -1.86. The molecule has 13 heavy (non-hydrogen) atoms. The second kappa shape index (κ2) is 6.65. The van der Waals surface area contributed by atoms with Crippen molar-refractivity contribution in [1.29, 1.82) is 0 Å². The van der Waals surface area contributed by atoms with E-state index in [2.05, 4.69) is 15.9 Å². The molecule has 1 aromatic carbocycles. The van der Waals surface area contributed by atoms with Gasteiger partial charge in [0.2, 0.25) is 0 Å². The average Bonchev–Trinajstić information content (AvgIpc) is 2.14. The Balaban J connectivity index is 0.000000310. The number of carbonyl (C=O) groups excluding carboxylic acids is 1. The summed E-state index contributed by atoms with van der Waals surface area (Å²) >= 11 is 2.88. The maximum absolute atomic E-state index is 12.0. The number of rotatable bonds is 1. The van der Waals surface area contributed by atoms with Gasteiger partial charge in [0.1, 0.15) is 6.29 Å². The van der Waals surface area contributed by atoms with E-state index >= 15 is 0 Å². The van der Waals surface area contributed by atoms with E-state index in [0.717, 1.165) is 24.5 Å². The molecular weight excluding hydrogens is 249 g/mol. The highest BCUT2D eigenvalue weighted by atomic mass is 79.9. The molecule has 0 unspecified atom stereocenters. The Morgan fingerprint density at radius 2 is 1.62 bits per heavy atom. The van der Waals surface area contributed by atoms with Gasteiger partial charge in [0.15, 0.2) is 17.5 Å². The molecule has 1 nitrogen and oxygen atoms in total. The molecule has 1 rings (SSSR count). The smallest absolute Gasteiger partial charge is 0.194 e. The van der Waals surface area contributed by atoms with Gasteiger partial charge in [-0.25, -0.2) is 13.2 Å². The van der Waals surface area contributed by atoms with Crippen LogP contribution in [0.3, 0.4) is 0 Å². The largest absolute Gasteiger partial charge is 0.302 e. The van der Waals surface area contributed by atoms with Crippen LogP contribution in [0.2, 0.25) is 0 Å². The lowest BCUT2D eigenvalue weighted by atomic mass is 10.3. The molecule has 0 aliphatic heterocycles. The number of aldehydes is 1. The molecule has 0 fully saturated rings. The lowest BCUT2D eigenvalue weighted by Gasteiger charge is -1.90. The van der Waals surface area contributed by atoms with Gasteiger partial charge in [0, 0.05) is 0 Å². The minimum absolute atomic E-state index is 0.451. The van der Waals surface area contributed by atoms with E-state index in [-0.39, 0.29) is 0 Å². The SMILES string of the molecule is Fc1cccc(F)c1F.O=CCBr. The Hall–Kier alpha value is -0.840. The van der Waals surface area contributed by atoms with Crippen molar-refractivity contribution < 1.29 is 18.0 Å². The molecule has 1 aromatic rings. The first-order valence-electron chi connectivity index (χ1n) is 3.22. The molecule has 0 aliphatic rings. The second-order valence-electron chi connectivity index (χ2n) is 1.86. The molecule has 0 spiro atoms. The standard InChI is InChI=1S/C6H3F3.C2H3BrO/c7-4-2-1-3-5(8)6(4)9;3-1-2-4/h1-3H;2H,1H2. The summed E-state index contributed by atoms with van der Waals surface area (Å²) in [5.74, 6) is -3.73. The van der Waals surface area contributed by atoms with E-state index in [1.807, 2.05) is 0 Å². The number of halogens is 4. The van der Waals surface area contributed by atoms with Crippen molar-refractivity contribution in [3.8, 4) is 0 Å². The summed E-state index contributed by atoms with van der Waals surface area (Å²) in [6.45, 7) is 0. The van der Waals surface area contributed by atoms with Crippen LogP contribution in [-0.4, -0.2) is 11.6 Å². The number of hydrogen-bond donors (Lipinski definition) is 0. The third-order valence-corrected chi connectivity index (χ3v) is 1.23. The molecule has 0 atom stereocenters. The van der Waals surface area contributed by atoms with Crippen LogP contribution in [0, 0.1) is 17.5 Å². The zero-order chi connectivity index (χ0) is 10.3. The van der Waals surface area contributed by atoms with Crippen molar-refractivity contribution in [3.63, 3.8) is 0 Å². The number of hydrogen-bond acceptors (Lipinski definition) is 1. The van der Waals surface area contributed by atoms with Crippen LogP contribution in [-0.2, 0) is 4.79 Å². The Bertz CT molecular complexity index is 258. The topological polar surface area (TPSA) is 17.1 Å². The normalized spacial score (nSPS) is 8.62. The van der Waals surface area contributed by atoms with Crippen LogP contribution in [0.4, 0.5) is 13.2 Å². The fourth-order valence-electron chi connectivity index (χ4n) is 0.477. The van der Waals surface area contributed by atoms with E-state index in [0.29, 0.717) is 5.33 Å². The third-order valence-electron chi connectivity index (χ3n) is 0.967. The minimum atomic E-state index is -1.42. The van der Waals surface area contributed by atoms with Crippen LogP contribution >= 0.6 is 15.9 Å². The van der Waals surface area contributed by atoms with Crippen molar-refractivity contribution in [3.05, 3.63) is 35.7 Å². The van der Waals surface area contributed by atoms with E-state index in [4.69, 9.17) is 4.79 Å². The van der Waals surface area contributed by atoms with Gasteiger partial charge in [-0.1, -0.05) is 22.0 Å². The van der Waals surface area contributed by atoms with Gasteiger partial charge in [-0.05, 0) is 12.1 Å². The van der Waals surface area contributed by atoms with Gasteiger partial charge >= 0.3 is 0 Å². The molecule has 0 amide bonds. The van der Waals surface area contributed by atoms with Crippen molar-refractivity contribution >= 4 is 22.2 Å². The summed E-state index contributed by atoms with van der Waals surface area (Å²) in [6, 6.07) is 2.82. The van der Waals surface area contributed by atoms with E-state index in [9.17, 15) is 13.2 Å². The first-order valence-corrected chi connectivity index (χ1v) is 4.34. The second-order valence-corrected chi connectivity index (χ2v) is 2.50. The fraction of sp³-hybridized carbons (Fsp3) is 0.125. The molecule has 0 radical (unpaired) electrons. The maximum atomic E-state index is 12.0. The quantitative estimate of drug-likeness (QED) is 0.428. The van der Waals surface area contributed by atoms with Gasteiger partial charge in [0.25, 0.3) is 0 Å². The molecule has 0 aromatic heterocycles. The highest BCUT2D eigenvalue weighted by Gasteiger charge is 2.04. The van der Waals surface area contributed by atoms with E-state index in [1.165, 1.54) is 0 Å². The van der Waals surface area contributed by atoms with E-state index in [1.54, 1.807) is 0 Å². The number of alkyl halides is 1. The molecule has 0 heterocycles. The molecule has 0 N–H and O–H groups in total. The molecule has 72 valence electrons. The zero-order valence-corrected chi connectivity index (χ0v) is 8.02. The summed E-state index contributed by atoms with van der Waals surface area (Å²) in [6.07, 6.45) is 0.792. The molecule has 0 aliphatic carbocycles. The van der Waals surface area contributed by atoms with Crippen LogP contribution in [0.15, 0.2) is 18.2 Å². The predicted octanol–water partition coefficient (Wildman–Crippen LogP) is 2.68. The molecule has 0 bridgehead atoms. The summed E-state index contributed by atoms with van der Waals surface area (Å²) in [7, 11) is 0. The maximum Gasteiger partial charge on any atom is 0.194 e. The fourth-order valence-corrected chi connectivity index (χ4v) is 0.477. The van der Waals surface area contributed by atoms with Gasteiger partial charge in [-0.2, -0.15) is 0 Å². The Morgan fingerprint density at radius 3 is 1.85 bits per heavy atom. The van der Waals surface area contributed by atoms with Crippen molar-refractivity contribution in [2.24, 2.45) is 0 Å². The molecule has 5 heteroatoms. The van der Waals surface area contributed by atoms with E-state index < -0.39 is 17.5 Å².